The molecule has 0 radical (unpaired) electrons. The summed E-state index contributed by atoms with van der Waals surface area (Å²) in [4.78, 5) is 37.6. The summed E-state index contributed by atoms with van der Waals surface area (Å²) < 4.78 is 0. The largest absolute Gasteiger partial charge is 0.285 e. The fourth-order valence-electron chi connectivity index (χ4n) is 2.26. The first-order valence-electron chi connectivity index (χ1n) is 6.77. The average molecular weight is 311 g/mol. The number of benzene rings is 1. The lowest BCUT2D eigenvalue weighted by Gasteiger charge is -2.15. The van der Waals surface area contributed by atoms with E-state index in [1.165, 1.54) is 17.4 Å². The van der Waals surface area contributed by atoms with Crippen molar-refractivity contribution < 1.29 is 14.4 Å². The highest BCUT2D eigenvalue weighted by Gasteiger charge is 2.37. The third-order valence-electron chi connectivity index (χ3n) is 3.31. The van der Waals surface area contributed by atoms with Crippen molar-refractivity contribution in [3.63, 3.8) is 0 Å². The van der Waals surface area contributed by atoms with E-state index in [-0.39, 0.29) is 17.0 Å². The molecule has 23 heavy (non-hydrogen) atoms. The van der Waals surface area contributed by atoms with E-state index in [1.807, 2.05) is 0 Å². The summed E-state index contributed by atoms with van der Waals surface area (Å²) in [5.41, 5.74) is 3.86. The maximum Gasteiger partial charge on any atom is 0.267 e. The predicted octanol–water partition coefficient (Wildman–Crippen LogP) is 0.484. The minimum Gasteiger partial charge on any atom is -0.285 e. The number of amides is 3. The summed E-state index contributed by atoms with van der Waals surface area (Å²) in [5, 5.41) is 8.78. The van der Waals surface area contributed by atoms with E-state index in [1.54, 1.807) is 38.4 Å². The van der Waals surface area contributed by atoms with E-state index >= 15 is 0 Å². The number of rotatable bonds is 3. The van der Waals surface area contributed by atoms with Crippen molar-refractivity contribution in [3.8, 4) is 0 Å². The van der Waals surface area contributed by atoms with E-state index in [9.17, 15) is 14.4 Å². The molecule has 0 bridgehead atoms. The second kappa shape index (κ2) is 5.58. The molecule has 0 unspecified atom stereocenters. The van der Waals surface area contributed by atoms with Crippen LogP contribution in [0.15, 0.2) is 36.7 Å². The third kappa shape index (κ3) is 2.55. The van der Waals surface area contributed by atoms with Gasteiger partial charge < -0.3 is 0 Å². The van der Waals surface area contributed by atoms with Crippen molar-refractivity contribution >= 4 is 23.4 Å². The highest BCUT2D eigenvalue weighted by Crippen LogP contribution is 2.27. The zero-order valence-electron chi connectivity index (χ0n) is 12.5. The first-order valence-corrected chi connectivity index (χ1v) is 6.77. The molecular formula is C15H13N5O3. The van der Waals surface area contributed by atoms with E-state index in [2.05, 4.69) is 15.6 Å². The smallest absolute Gasteiger partial charge is 0.267 e. The zero-order chi connectivity index (χ0) is 16.6. The molecule has 0 saturated carbocycles. The fourth-order valence-corrected chi connectivity index (χ4v) is 2.26. The number of hydrazine groups is 1. The van der Waals surface area contributed by atoms with E-state index < -0.39 is 11.8 Å². The summed E-state index contributed by atoms with van der Waals surface area (Å²) >= 11 is 0. The Morgan fingerprint density at radius 1 is 1.00 bits per heavy atom. The van der Waals surface area contributed by atoms with Gasteiger partial charge in [-0.3, -0.25) is 19.8 Å². The Balaban J connectivity index is 1.88. The maximum absolute atomic E-state index is 12.3. The van der Waals surface area contributed by atoms with Crippen LogP contribution in [0.1, 0.15) is 31.1 Å². The molecule has 2 heterocycles. The molecule has 1 N–H and O–H groups in total. The topological polar surface area (TPSA) is 95.5 Å². The molecule has 8 heteroatoms. The van der Waals surface area contributed by atoms with Gasteiger partial charge in [0.2, 0.25) is 0 Å². The SMILES string of the molecule is CN(C)NC(=O)c1ccc(N2C(=O)c3cnncc3C2=O)cc1. The number of hydrogen-bond acceptors (Lipinski definition) is 6. The van der Waals surface area contributed by atoms with Gasteiger partial charge in [0.25, 0.3) is 17.7 Å². The normalized spacial score (nSPS) is 13.4. The molecule has 1 aromatic heterocycles. The number of fused-ring (bicyclic) bond motifs is 1. The lowest BCUT2D eigenvalue weighted by atomic mass is 10.2. The standard InChI is InChI=1S/C15H13N5O3/c1-19(2)18-13(21)9-3-5-10(6-4-9)20-14(22)11-7-16-17-8-12(11)15(20)23/h3-8H,1-2H3,(H,18,21). The number of anilines is 1. The molecule has 2 aromatic rings. The molecule has 0 spiro atoms. The van der Waals surface area contributed by atoms with Gasteiger partial charge in [0.05, 0.1) is 29.2 Å². The van der Waals surface area contributed by atoms with Crippen molar-refractivity contribution in [2.75, 3.05) is 19.0 Å². The second-order valence-corrected chi connectivity index (χ2v) is 5.14. The molecule has 1 aliphatic heterocycles. The summed E-state index contributed by atoms with van der Waals surface area (Å²) in [7, 11) is 3.40. The number of aromatic nitrogens is 2. The highest BCUT2D eigenvalue weighted by atomic mass is 16.2. The molecule has 0 aliphatic carbocycles. The maximum atomic E-state index is 12.3. The quantitative estimate of drug-likeness (QED) is 0.654. The Kier molecular flexibility index (Phi) is 3.59. The second-order valence-electron chi connectivity index (χ2n) is 5.14. The van der Waals surface area contributed by atoms with Crippen molar-refractivity contribution in [1.82, 2.24) is 20.6 Å². The van der Waals surface area contributed by atoms with Gasteiger partial charge in [-0.15, -0.1) is 0 Å². The van der Waals surface area contributed by atoms with Gasteiger partial charge >= 0.3 is 0 Å². The van der Waals surface area contributed by atoms with Crippen LogP contribution in [0.5, 0.6) is 0 Å². The van der Waals surface area contributed by atoms with E-state index in [0.717, 1.165) is 4.90 Å². The number of hydrogen-bond donors (Lipinski definition) is 1. The molecule has 1 aromatic carbocycles. The Labute approximate surface area is 131 Å². The van der Waals surface area contributed by atoms with Crippen LogP contribution in [-0.2, 0) is 0 Å². The first kappa shape index (κ1) is 14.8. The number of nitrogens with zero attached hydrogens (tertiary/aromatic N) is 4. The summed E-state index contributed by atoms with van der Waals surface area (Å²) in [5.74, 6) is -1.19. The fraction of sp³-hybridized carbons (Fsp3) is 0.133. The number of imide groups is 1. The molecular weight excluding hydrogens is 298 g/mol. The number of nitrogens with one attached hydrogen (secondary N) is 1. The minimum atomic E-state index is -0.453. The molecule has 3 amide bonds. The highest BCUT2D eigenvalue weighted by molar-refractivity contribution is 6.34. The van der Waals surface area contributed by atoms with Gasteiger partial charge in [-0.2, -0.15) is 10.2 Å². The van der Waals surface area contributed by atoms with Crippen molar-refractivity contribution in [3.05, 3.63) is 53.3 Å². The predicted molar refractivity (Wildman–Crippen MR) is 80.8 cm³/mol. The van der Waals surface area contributed by atoms with Crippen LogP contribution in [-0.4, -0.2) is 47.0 Å². The Morgan fingerprint density at radius 3 is 2.00 bits per heavy atom. The Bertz CT molecular complexity index is 766. The lowest BCUT2D eigenvalue weighted by Crippen LogP contribution is -2.36. The van der Waals surface area contributed by atoms with Gasteiger partial charge in [-0.05, 0) is 24.3 Å². The molecule has 8 nitrogen and oxygen atoms in total. The molecule has 116 valence electrons. The van der Waals surface area contributed by atoms with Crippen LogP contribution < -0.4 is 10.3 Å². The molecule has 0 fully saturated rings. The van der Waals surface area contributed by atoms with Crippen LogP contribution in [0.25, 0.3) is 0 Å². The van der Waals surface area contributed by atoms with Crippen molar-refractivity contribution in [2.45, 2.75) is 0 Å². The van der Waals surface area contributed by atoms with Gasteiger partial charge in [-0.1, -0.05) is 0 Å². The molecule has 3 rings (SSSR count). The average Bonchev–Trinajstić information content (AvgIpc) is 2.79. The van der Waals surface area contributed by atoms with Gasteiger partial charge in [0, 0.05) is 19.7 Å². The molecule has 0 saturated heterocycles. The van der Waals surface area contributed by atoms with Gasteiger partial charge in [0.15, 0.2) is 0 Å². The minimum absolute atomic E-state index is 0.222. The van der Waals surface area contributed by atoms with Crippen LogP contribution >= 0.6 is 0 Å². The lowest BCUT2D eigenvalue weighted by molar-refractivity contribution is 0.0855. The van der Waals surface area contributed by atoms with Crippen LogP contribution in [0.3, 0.4) is 0 Å². The summed E-state index contributed by atoms with van der Waals surface area (Å²) in [6.07, 6.45) is 2.54. The van der Waals surface area contributed by atoms with Gasteiger partial charge in [-0.25, -0.2) is 9.91 Å². The van der Waals surface area contributed by atoms with E-state index in [4.69, 9.17) is 0 Å². The van der Waals surface area contributed by atoms with E-state index in [0.29, 0.717) is 11.3 Å². The Hall–Kier alpha value is -3.13. The molecule has 1 aliphatic rings. The van der Waals surface area contributed by atoms with Crippen LogP contribution in [0.2, 0.25) is 0 Å². The van der Waals surface area contributed by atoms with Crippen molar-refractivity contribution in [2.24, 2.45) is 0 Å². The summed E-state index contributed by atoms with van der Waals surface area (Å²) in [6.45, 7) is 0. The monoisotopic (exact) mass is 311 g/mol. The first-order chi connectivity index (χ1) is 11.0. The van der Waals surface area contributed by atoms with Crippen molar-refractivity contribution in [1.29, 1.82) is 0 Å². The third-order valence-corrected chi connectivity index (χ3v) is 3.31. The Morgan fingerprint density at radius 2 is 1.52 bits per heavy atom. The van der Waals surface area contributed by atoms with Gasteiger partial charge in [0.1, 0.15) is 0 Å². The number of carbonyl (C=O) groups excluding carboxylic acids is 3. The summed E-state index contributed by atoms with van der Waals surface area (Å²) in [6, 6.07) is 6.20. The number of carbonyl (C=O) groups is 3. The van der Waals surface area contributed by atoms with Crippen LogP contribution in [0.4, 0.5) is 5.69 Å². The van der Waals surface area contributed by atoms with Crippen LogP contribution in [0, 0.1) is 0 Å². The molecule has 0 atom stereocenters. The zero-order valence-corrected chi connectivity index (χ0v) is 12.5.